The lowest BCUT2D eigenvalue weighted by Crippen LogP contribution is -2.36. The molecule has 2 aromatic heterocycles. The zero-order valence-corrected chi connectivity index (χ0v) is 22.0. The first-order valence-corrected chi connectivity index (χ1v) is 12.8. The van der Waals surface area contributed by atoms with Crippen LogP contribution in [0.2, 0.25) is 5.02 Å². The number of fused-ring (bicyclic) bond motifs is 1. The van der Waals surface area contributed by atoms with Gasteiger partial charge in [0.15, 0.2) is 5.65 Å². The van der Waals surface area contributed by atoms with E-state index in [9.17, 15) is 4.79 Å². The van der Waals surface area contributed by atoms with E-state index < -0.39 is 0 Å². The number of nitrogens with one attached hydrogen (secondary N) is 3. The zero-order chi connectivity index (χ0) is 24.8. The smallest absolute Gasteiger partial charge is 0.319 e. The molecular formula is C26H28BrClN6O. The quantitative estimate of drug-likeness (QED) is 0.205. The summed E-state index contributed by atoms with van der Waals surface area (Å²) in [5, 5.41) is 14.4. The van der Waals surface area contributed by atoms with Crippen molar-refractivity contribution in [3.63, 3.8) is 0 Å². The maximum Gasteiger partial charge on any atom is 0.319 e. The van der Waals surface area contributed by atoms with Crippen LogP contribution in [0.4, 0.5) is 16.3 Å². The van der Waals surface area contributed by atoms with Gasteiger partial charge >= 0.3 is 6.03 Å². The van der Waals surface area contributed by atoms with Gasteiger partial charge in [-0.05, 0) is 53.0 Å². The largest absolute Gasteiger partial charge is 0.366 e. The standard InChI is InChI=1S/C26H28BrClN6O/c1-3-4-8-17(2)31-26(35)32-19-10-7-9-18(13-19)15-29-24-14-23(20-11-5-6-12-22(20)28)33-25-21(27)16-30-34(24)25/h5-7,9-14,16-17,29H,3-4,8,15H2,1-2H3,(H2,31,32,35). The van der Waals surface area contributed by atoms with Crippen molar-refractivity contribution in [1.29, 1.82) is 0 Å². The minimum absolute atomic E-state index is 0.134. The Hall–Kier alpha value is -3.10. The molecule has 4 rings (SSSR count). The van der Waals surface area contributed by atoms with Crippen LogP contribution in [0.15, 0.2) is 65.3 Å². The molecule has 0 radical (unpaired) electrons. The summed E-state index contributed by atoms with van der Waals surface area (Å²) in [6.45, 7) is 4.70. The summed E-state index contributed by atoms with van der Waals surface area (Å²) >= 11 is 9.96. The van der Waals surface area contributed by atoms with E-state index in [4.69, 9.17) is 16.6 Å². The fraction of sp³-hybridized carbons (Fsp3) is 0.269. The number of urea groups is 1. The molecule has 0 saturated heterocycles. The molecule has 2 amide bonds. The van der Waals surface area contributed by atoms with Crippen LogP contribution in [0.3, 0.4) is 0 Å². The van der Waals surface area contributed by atoms with Gasteiger partial charge in [-0.15, -0.1) is 0 Å². The van der Waals surface area contributed by atoms with Crippen molar-refractivity contribution in [3.8, 4) is 11.3 Å². The molecule has 0 aliphatic rings. The SMILES string of the molecule is CCCCC(C)NC(=O)Nc1cccc(CNc2cc(-c3ccccc3Cl)nc3c(Br)cnn23)c1. The topological polar surface area (TPSA) is 83.4 Å². The third-order valence-corrected chi connectivity index (χ3v) is 6.49. The van der Waals surface area contributed by atoms with Crippen LogP contribution < -0.4 is 16.0 Å². The molecule has 0 aliphatic heterocycles. The second-order valence-electron chi connectivity index (χ2n) is 8.43. The highest BCUT2D eigenvalue weighted by molar-refractivity contribution is 9.10. The Morgan fingerprint density at radius 2 is 2.00 bits per heavy atom. The van der Waals surface area contributed by atoms with Gasteiger partial charge in [-0.1, -0.05) is 61.7 Å². The summed E-state index contributed by atoms with van der Waals surface area (Å²) in [5.74, 6) is 0.775. The van der Waals surface area contributed by atoms with E-state index in [1.54, 1.807) is 10.7 Å². The van der Waals surface area contributed by atoms with Gasteiger partial charge in [-0.25, -0.2) is 9.78 Å². The third kappa shape index (κ3) is 6.32. The minimum Gasteiger partial charge on any atom is -0.366 e. The van der Waals surface area contributed by atoms with Crippen LogP contribution in [0.25, 0.3) is 16.9 Å². The number of nitrogens with zero attached hydrogens (tertiary/aromatic N) is 3. The lowest BCUT2D eigenvalue weighted by molar-refractivity contribution is 0.248. The Kier molecular flexibility index (Phi) is 8.25. The monoisotopic (exact) mass is 554 g/mol. The fourth-order valence-electron chi connectivity index (χ4n) is 3.79. The number of rotatable bonds is 9. The first-order valence-electron chi connectivity index (χ1n) is 11.6. The number of halogens is 2. The summed E-state index contributed by atoms with van der Waals surface area (Å²) in [6.07, 6.45) is 4.89. The molecule has 0 spiro atoms. The van der Waals surface area contributed by atoms with Crippen LogP contribution in [-0.4, -0.2) is 26.7 Å². The minimum atomic E-state index is -0.194. The van der Waals surface area contributed by atoms with E-state index >= 15 is 0 Å². The van der Waals surface area contributed by atoms with Crippen LogP contribution in [0, 0.1) is 0 Å². The summed E-state index contributed by atoms with van der Waals surface area (Å²) in [6, 6.07) is 17.3. The van der Waals surface area contributed by atoms with E-state index in [-0.39, 0.29) is 12.1 Å². The molecule has 0 aliphatic carbocycles. The van der Waals surface area contributed by atoms with Crippen LogP contribution >= 0.6 is 27.5 Å². The Labute approximate surface area is 218 Å². The Morgan fingerprint density at radius 3 is 2.80 bits per heavy atom. The predicted octanol–water partition coefficient (Wildman–Crippen LogP) is 7.12. The van der Waals surface area contributed by atoms with E-state index in [0.717, 1.165) is 52.1 Å². The van der Waals surface area contributed by atoms with E-state index in [1.165, 1.54) is 0 Å². The van der Waals surface area contributed by atoms with Gasteiger partial charge in [0.05, 0.1) is 16.4 Å². The first kappa shape index (κ1) is 25.0. The molecule has 4 aromatic rings. The maximum absolute atomic E-state index is 12.4. The Morgan fingerprint density at radius 1 is 1.17 bits per heavy atom. The molecular weight excluding hydrogens is 528 g/mol. The highest BCUT2D eigenvalue weighted by atomic mass is 79.9. The molecule has 2 aromatic carbocycles. The number of carbonyl (C=O) groups is 1. The van der Waals surface area contributed by atoms with Crippen molar-refractivity contribution < 1.29 is 4.79 Å². The van der Waals surface area contributed by atoms with Crippen LogP contribution in [0.1, 0.15) is 38.7 Å². The lowest BCUT2D eigenvalue weighted by atomic mass is 10.1. The summed E-state index contributed by atoms with van der Waals surface area (Å²) in [5.41, 5.74) is 4.03. The van der Waals surface area contributed by atoms with Gasteiger partial charge in [0.1, 0.15) is 5.82 Å². The van der Waals surface area contributed by atoms with Gasteiger partial charge in [0.2, 0.25) is 0 Å². The molecule has 35 heavy (non-hydrogen) atoms. The van der Waals surface area contributed by atoms with Crippen molar-refractivity contribution in [3.05, 3.63) is 75.9 Å². The van der Waals surface area contributed by atoms with Gasteiger partial charge in [0, 0.05) is 34.9 Å². The van der Waals surface area contributed by atoms with Gasteiger partial charge in [0.25, 0.3) is 0 Å². The molecule has 7 nitrogen and oxygen atoms in total. The van der Waals surface area contributed by atoms with Crippen molar-refractivity contribution in [2.45, 2.75) is 45.7 Å². The molecule has 0 saturated carbocycles. The van der Waals surface area contributed by atoms with E-state index in [0.29, 0.717) is 17.2 Å². The van der Waals surface area contributed by atoms with Gasteiger partial charge in [-0.3, -0.25) is 0 Å². The van der Waals surface area contributed by atoms with Gasteiger partial charge < -0.3 is 16.0 Å². The molecule has 1 atom stereocenters. The lowest BCUT2D eigenvalue weighted by Gasteiger charge is -2.15. The predicted molar refractivity (Wildman–Crippen MR) is 146 cm³/mol. The molecule has 9 heteroatoms. The molecule has 3 N–H and O–H groups in total. The number of hydrogen-bond donors (Lipinski definition) is 3. The Bertz CT molecular complexity index is 1320. The zero-order valence-electron chi connectivity index (χ0n) is 19.7. The number of unbranched alkanes of at least 4 members (excludes halogenated alkanes) is 1. The summed E-state index contributed by atoms with van der Waals surface area (Å²) in [4.78, 5) is 17.1. The maximum atomic E-state index is 12.4. The van der Waals surface area contributed by atoms with Crippen molar-refractivity contribution in [1.82, 2.24) is 19.9 Å². The third-order valence-electron chi connectivity index (χ3n) is 5.61. The normalized spacial score (nSPS) is 11.9. The van der Waals surface area contributed by atoms with E-state index in [2.05, 4.69) is 43.9 Å². The second-order valence-corrected chi connectivity index (χ2v) is 9.69. The number of amides is 2. The number of carbonyl (C=O) groups excluding carboxylic acids is 1. The number of benzene rings is 2. The van der Waals surface area contributed by atoms with Crippen LogP contribution in [-0.2, 0) is 6.54 Å². The molecule has 182 valence electrons. The van der Waals surface area contributed by atoms with Gasteiger partial charge in [-0.2, -0.15) is 9.61 Å². The summed E-state index contributed by atoms with van der Waals surface area (Å²) in [7, 11) is 0. The molecule has 2 heterocycles. The molecule has 0 bridgehead atoms. The molecule has 0 fully saturated rings. The first-order chi connectivity index (χ1) is 16.9. The highest BCUT2D eigenvalue weighted by Crippen LogP contribution is 2.30. The van der Waals surface area contributed by atoms with E-state index in [1.807, 2.05) is 61.5 Å². The molecule has 1 unspecified atom stereocenters. The van der Waals surface area contributed by atoms with Crippen molar-refractivity contribution in [2.75, 3.05) is 10.6 Å². The van der Waals surface area contributed by atoms with Crippen molar-refractivity contribution >= 4 is 50.7 Å². The van der Waals surface area contributed by atoms with Crippen molar-refractivity contribution in [2.24, 2.45) is 0 Å². The second kappa shape index (κ2) is 11.6. The average Bonchev–Trinajstić information content (AvgIpc) is 3.22. The van der Waals surface area contributed by atoms with Crippen LogP contribution in [0.5, 0.6) is 0 Å². The highest BCUT2D eigenvalue weighted by Gasteiger charge is 2.13. The number of anilines is 2. The number of aromatic nitrogens is 3. The number of hydrogen-bond acceptors (Lipinski definition) is 4. The average molecular weight is 556 g/mol. The Balaban J connectivity index is 1.50. The fourth-order valence-corrected chi connectivity index (χ4v) is 4.37. The summed E-state index contributed by atoms with van der Waals surface area (Å²) < 4.78 is 2.54.